The van der Waals surface area contributed by atoms with Crippen molar-refractivity contribution in [3.63, 3.8) is 0 Å². The minimum absolute atomic E-state index is 0.110. The Morgan fingerprint density at radius 1 is 1.33 bits per heavy atom. The summed E-state index contributed by atoms with van der Waals surface area (Å²) in [4.78, 5) is 14.7. The fourth-order valence-electron chi connectivity index (χ4n) is 3.23. The van der Waals surface area contributed by atoms with Crippen LogP contribution in [0.15, 0.2) is 24.3 Å². The van der Waals surface area contributed by atoms with E-state index in [1.165, 1.54) is 0 Å². The number of fused-ring (bicyclic) bond motifs is 1. The lowest BCUT2D eigenvalue weighted by atomic mass is 9.89. The number of halogens is 3. The average Bonchev–Trinajstić information content (AvgIpc) is 3.12. The molecule has 0 bridgehead atoms. The molecule has 4 nitrogen and oxygen atoms in total. The highest BCUT2D eigenvalue weighted by Gasteiger charge is 2.37. The maximum Gasteiger partial charge on any atom is 0.431 e. The molecule has 130 valence electrons. The first-order valence-electron chi connectivity index (χ1n) is 7.97. The first-order valence-corrected chi connectivity index (χ1v) is 7.97. The van der Waals surface area contributed by atoms with Crippen molar-refractivity contribution in [3.8, 4) is 0 Å². The smallest absolute Gasteiger partial charge is 0.355 e. The third-order valence-corrected chi connectivity index (χ3v) is 4.67. The van der Waals surface area contributed by atoms with Gasteiger partial charge in [0.1, 0.15) is 5.69 Å². The predicted octanol–water partition coefficient (Wildman–Crippen LogP) is 2.85. The number of carbonyl (C=O) groups is 1. The van der Waals surface area contributed by atoms with Crippen LogP contribution in [0.3, 0.4) is 0 Å². The summed E-state index contributed by atoms with van der Waals surface area (Å²) >= 11 is 0. The van der Waals surface area contributed by atoms with Gasteiger partial charge in [-0.25, -0.2) is 0 Å². The van der Waals surface area contributed by atoms with Crippen LogP contribution < -0.4 is 10.6 Å². The number of H-pyrrole nitrogens is 1. The fraction of sp³-hybridized carbons (Fsp3) is 0.471. The molecule has 2 aromatic rings. The van der Waals surface area contributed by atoms with E-state index in [9.17, 15) is 18.0 Å². The Labute approximate surface area is 137 Å². The summed E-state index contributed by atoms with van der Waals surface area (Å²) in [5.74, 6) is -0.110. The second-order valence-corrected chi connectivity index (χ2v) is 6.52. The number of aromatic nitrogens is 1. The van der Waals surface area contributed by atoms with E-state index in [0.29, 0.717) is 17.4 Å². The Bertz CT molecular complexity index is 745. The summed E-state index contributed by atoms with van der Waals surface area (Å²) < 4.78 is 39.8. The number of aromatic amines is 1. The summed E-state index contributed by atoms with van der Waals surface area (Å²) in [6, 6.07) is 6.69. The number of alkyl halides is 3. The van der Waals surface area contributed by atoms with Crippen LogP contribution in [-0.4, -0.2) is 30.5 Å². The van der Waals surface area contributed by atoms with Crippen molar-refractivity contribution in [2.75, 3.05) is 19.6 Å². The normalized spacial score (nSPS) is 21.3. The highest BCUT2D eigenvalue weighted by atomic mass is 19.4. The standard InChI is InChI=1S/C17H20F3N3O/c1-16(7-9-21-10-16)15(24)22-8-6-12-11-4-2-3-5-13(11)23-14(12)17(18,19)20/h2-5,21,23H,6-10H2,1H3,(H,22,24). The van der Waals surface area contributed by atoms with Crippen LogP contribution in [0, 0.1) is 5.41 Å². The van der Waals surface area contributed by atoms with E-state index in [0.717, 1.165) is 13.0 Å². The van der Waals surface area contributed by atoms with E-state index in [1.807, 2.05) is 6.92 Å². The van der Waals surface area contributed by atoms with E-state index in [4.69, 9.17) is 0 Å². The van der Waals surface area contributed by atoms with Gasteiger partial charge in [0.25, 0.3) is 0 Å². The zero-order valence-corrected chi connectivity index (χ0v) is 13.4. The van der Waals surface area contributed by atoms with Gasteiger partial charge in [-0.05, 0) is 37.9 Å². The number of carbonyl (C=O) groups excluding carboxylic acids is 1. The second-order valence-electron chi connectivity index (χ2n) is 6.52. The lowest BCUT2D eigenvalue weighted by Crippen LogP contribution is -2.41. The molecule has 2 heterocycles. The molecular weight excluding hydrogens is 319 g/mol. The van der Waals surface area contributed by atoms with E-state index < -0.39 is 17.3 Å². The van der Waals surface area contributed by atoms with Gasteiger partial charge in [-0.1, -0.05) is 18.2 Å². The molecule has 3 rings (SSSR count). The first-order chi connectivity index (χ1) is 11.3. The van der Waals surface area contributed by atoms with Gasteiger partial charge in [-0.2, -0.15) is 13.2 Å². The summed E-state index contributed by atoms with van der Waals surface area (Å²) in [5.41, 5.74) is -0.550. The van der Waals surface area contributed by atoms with E-state index in [2.05, 4.69) is 15.6 Å². The van der Waals surface area contributed by atoms with Crippen LogP contribution in [0.1, 0.15) is 24.6 Å². The van der Waals surface area contributed by atoms with E-state index >= 15 is 0 Å². The highest BCUT2D eigenvalue weighted by molar-refractivity contribution is 5.85. The predicted molar refractivity (Wildman–Crippen MR) is 85.6 cm³/mol. The summed E-state index contributed by atoms with van der Waals surface area (Å²) in [6.07, 6.45) is -3.58. The van der Waals surface area contributed by atoms with Gasteiger partial charge in [0.2, 0.25) is 5.91 Å². The number of benzene rings is 1. The van der Waals surface area contributed by atoms with Crippen LogP contribution in [0.25, 0.3) is 10.9 Å². The first kappa shape index (κ1) is 16.8. The number of amides is 1. The molecular formula is C17H20F3N3O. The van der Waals surface area contributed by atoms with Gasteiger partial charge in [0.05, 0.1) is 5.41 Å². The Balaban J connectivity index is 1.76. The van der Waals surface area contributed by atoms with Crippen LogP contribution in [0.5, 0.6) is 0 Å². The average molecular weight is 339 g/mol. The molecule has 0 radical (unpaired) electrons. The van der Waals surface area contributed by atoms with Crippen molar-refractivity contribution in [3.05, 3.63) is 35.5 Å². The van der Waals surface area contributed by atoms with Crippen molar-refractivity contribution in [2.45, 2.75) is 25.9 Å². The van der Waals surface area contributed by atoms with Gasteiger partial charge in [-0.15, -0.1) is 0 Å². The molecule has 1 aromatic carbocycles. The van der Waals surface area contributed by atoms with Crippen LogP contribution in [-0.2, 0) is 17.4 Å². The minimum atomic E-state index is -4.44. The quantitative estimate of drug-likeness (QED) is 0.802. The van der Waals surface area contributed by atoms with Crippen LogP contribution in [0.2, 0.25) is 0 Å². The number of rotatable bonds is 4. The lowest BCUT2D eigenvalue weighted by Gasteiger charge is -2.21. The van der Waals surface area contributed by atoms with Gasteiger partial charge in [0, 0.05) is 24.0 Å². The molecule has 0 saturated carbocycles. The van der Waals surface area contributed by atoms with Gasteiger partial charge in [0.15, 0.2) is 0 Å². The second kappa shape index (κ2) is 6.12. The molecule has 1 aliphatic rings. The molecule has 1 fully saturated rings. The molecule has 0 spiro atoms. The zero-order chi connectivity index (χ0) is 17.4. The molecule has 3 N–H and O–H groups in total. The Kier molecular flexibility index (Phi) is 4.29. The van der Waals surface area contributed by atoms with Crippen LogP contribution >= 0.6 is 0 Å². The molecule has 0 aliphatic carbocycles. The Morgan fingerprint density at radius 2 is 2.08 bits per heavy atom. The third kappa shape index (κ3) is 3.13. The molecule has 1 unspecified atom stereocenters. The maximum absolute atomic E-state index is 13.3. The topological polar surface area (TPSA) is 56.9 Å². The molecule has 1 aromatic heterocycles. The number of para-hydroxylation sites is 1. The van der Waals surface area contributed by atoms with Gasteiger partial charge >= 0.3 is 6.18 Å². The molecule has 1 saturated heterocycles. The molecule has 1 aliphatic heterocycles. The van der Waals surface area contributed by atoms with Crippen LogP contribution in [0.4, 0.5) is 13.2 Å². The van der Waals surface area contributed by atoms with Crippen molar-refractivity contribution >= 4 is 16.8 Å². The fourth-order valence-corrected chi connectivity index (χ4v) is 3.23. The highest BCUT2D eigenvalue weighted by Crippen LogP contribution is 2.35. The van der Waals surface area contributed by atoms with Gasteiger partial charge in [-0.3, -0.25) is 4.79 Å². The largest absolute Gasteiger partial charge is 0.431 e. The lowest BCUT2D eigenvalue weighted by molar-refractivity contribution is -0.141. The third-order valence-electron chi connectivity index (χ3n) is 4.67. The molecule has 1 atom stereocenters. The molecule has 24 heavy (non-hydrogen) atoms. The van der Waals surface area contributed by atoms with E-state index in [1.54, 1.807) is 24.3 Å². The van der Waals surface area contributed by atoms with E-state index in [-0.39, 0.29) is 24.4 Å². The number of nitrogens with one attached hydrogen (secondary N) is 3. The maximum atomic E-state index is 13.3. The molecule has 1 amide bonds. The monoisotopic (exact) mass is 339 g/mol. The van der Waals surface area contributed by atoms with Crippen molar-refractivity contribution < 1.29 is 18.0 Å². The number of hydrogen-bond acceptors (Lipinski definition) is 2. The SMILES string of the molecule is CC1(C(=O)NCCc2c(C(F)(F)F)[nH]c3ccccc23)CCNC1. The zero-order valence-electron chi connectivity index (χ0n) is 13.4. The Morgan fingerprint density at radius 3 is 2.75 bits per heavy atom. The minimum Gasteiger partial charge on any atom is -0.355 e. The van der Waals surface area contributed by atoms with Gasteiger partial charge < -0.3 is 15.6 Å². The van der Waals surface area contributed by atoms with Crippen molar-refractivity contribution in [2.24, 2.45) is 5.41 Å². The Hall–Kier alpha value is -2.02. The summed E-state index contributed by atoms with van der Waals surface area (Å²) in [6.45, 7) is 3.43. The number of hydrogen-bond donors (Lipinski definition) is 3. The summed E-state index contributed by atoms with van der Waals surface area (Å²) in [7, 11) is 0. The van der Waals surface area contributed by atoms with Crippen molar-refractivity contribution in [1.82, 2.24) is 15.6 Å². The summed E-state index contributed by atoms with van der Waals surface area (Å²) in [5, 5.41) is 6.47. The molecule has 7 heteroatoms. The van der Waals surface area contributed by atoms with Crippen molar-refractivity contribution in [1.29, 1.82) is 0 Å².